The summed E-state index contributed by atoms with van der Waals surface area (Å²) in [6, 6.07) is 12.3. The number of methoxy groups -OCH3 is 2. The van der Waals surface area contributed by atoms with E-state index in [4.69, 9.17) is 21.7 Å². The predicted octanol–water partition coefficient (Wildman–Crippen LogP) is 2.73. The number of ether oxygens (including phenoxy) is 2. The van der Waals surface area contributed by atoms with Gasteiger partial charge in [-0.25, -0.2) is 0 Å². The first kappa shape index (κ1) is 16.6. The molecule has 0 amide bonds. The highest BCUT2D eigenvalue weighted by Gasteiger charge is 2.03. The zero-order chi connectivity index (χ0) is 16.7. The van der Waals surface area contributed by atoms with Crippen molar-refractivity contribution in [3.8, 4) is 17.2 Å². The first-order valence-electron chi connectivity index (χ1n) is 6.74. The number of anilines is 1. The number of hydrazone groups is 1. The quantitative estimate of drug-likeness (QED) is 0.444. The van der Waals surface area contributed by atoms with Gasteiger partial charge in [0, 0.05) is 0 Å². The first-order valence-corrected chi connectivity index (χ1v) is 7.15. The van der Waals surface area contributed by atoms with Crippen molar-refractivity contribution in [1.29, 1.82) is 0 Å². The van der Waals surface area contributed by atoms with Gasteiger partial charge in [0.05, 0.1) is 26.1 Å². The fraction of sp³-hybridized carbons (Fsp3) is 0.125. The van der Waals surface area contributed by atoms with Gasteiger partial charge in [-0.05, 0) is 48.1 Å². The Bertz CT molecular complexity index is 719. The van der Waals surface area contributed by atoms with Crippen LogP contribution in [0.5, 0.6) is 17.2 Å². The molecule has 0 radical (unpaired) electrons. The summed E-state index contributed by atoms with van der Waals surface area (Å²) in [5.74, 6) is 1.14. The van der Waals surface area contributed by atoms with E-state index in [1.54, 1.807) is 25.5 Å². The Morgan fingerprint density at radius 3 is 2.61 bits per heavy atom. The van der Waals surface area contributed by atoms with Crippen LogP contribution in [-0.2, 0) is 0 Å². The lowest BCUT2D eigenvalue weighted by Crippen LogP contribution is -2.24. The minimum absolute atomic E-state index is 0.0750. The molecule has 0 spiro atoms. The van der Waals surface area contributed by atoms with Gasteiger partial charge in [-0.2, -0.15) is 5.10 Å². The van der Waals surface area contributed by atoms with Crippen LogP contribution in [0.4, 0.5) is 5.69 Å². The zero-order valence-electron chi connectivity index (χ0n) is 12.7. The lowest BCUT2D eigenvalue weighted by molar-refractivity contribution is 0.373. The number of nitrogens with one attached hydrogen (secondary N) is 2. The maximum Gasteiger partial charge on any atom is 0.191 e. The molecule has 0 heterocycles. The average Bonchev–Trinajstić information content (AvgIpc) is 2.57. The monoisotopic (exact) mass is 331 g/mol. The number of para-hydroxylation sites is 2. The molecule has 6 nitrogen and oxygen atoms in total. The van der Waals surface area contributed by atoms with Gasteiger partial charge in [0.2, 0.25) is 0 Å². The van der Waals surface area contributed by atoms with Crippen LogP contribution in [0.25, 0.3) is 0 Å². The van der Waals surface area contributed by atoms with Gasteiger partial charge in [0.1, 0.15) is 5.75 Å². The van der Waals surface area contributed by atoms with Crippen LogP contribution in [0.1, 0.15) is 5.56 Å². The van der Waals surface area contributed by atoms with Gasteiger partial charge >= 0.3 is 0 Å². The normalized spacial score (nSPS) is 10.3. The molecule has 7 heteroatoms. The van der Waals surface area contributed by atoms with E-state index in [-0.39, 0.29) is 5.75 Å². The minimum atomic E-state index is 0.0750. The molecule has 0 aliphatic rings. The molecule has 2 aromatic carbocycles. The molecule has 2 aromatic rings. The Kier molecular flexibility index (Phi) is 5.76. The number of phenols is 1. The van der Waals surface area contributed by atoms with Gasteiger partial charge in [-0.1, -0.05) is 12.1 Å². The second kappa shape index (κ2) is 8.00. The average molecular weight is 331 g/mol. The van der Waals surface area contributed by atoms with Crippen LogP contribution >= 0.6 is 12.2 Å². The van der Waals surface area contributed by atoms with Crippen molar-refractivity contribution >= 4 is 29.2 Å². The third kappa shape index (κ3) is 4.58. The van der Waals surface area contributed by atoms with Gasteiger partial charge in [0.25, 0.3) is 0 Å². The molecule has 120 valence electrons. The smallest absolute Gasteiger partial charge is 0.191 e. The highest BCUT2D eigenvalue weighted by atomic mass is 32.1. The maximum atomic E-state index is 9.53. The van der Waals surface area contributed by atoms with E-state index in [2.05, 4.69) is 15.8 Å². The molecule has 0 aromatic heterocycles. The van der Waals surface area contributed by atoms with Gasteiger partial charge < -0.3 is 19.9 Å². The second-order valence-electron chi connectivity index (χ2n) is 4.46. The van der Waals surface area contributed by atoms with E-state index in [0.29, 0.717) is 16.6 Å². The Hall–Kier alpha value is -2.80. The number of aromatic hydroxyl groups is 1. The Morgan fingerprint density at radius 1 is 1.13 bits per heavy atom. The van der Waals surface area contributed by atoms with Gasteiger partial charge in [0.15, 0.2) is 16.6 Å². The number of benzene rings is 2. The molecular formula is C16H17N3O3S. The Labute approximate surface area is 139 Å². The van der Waals surface area contributed by atoms with Crippen LogP contribution in [0.3, 0.4) is 0 Å². The maximum absolute atomic E-state index is 9.53. The number of nitrogens with zero attached hydrogens (tertiary/aromatic N) is 1. The predicted molar refractivity (Wildman–Crippen MR) is 94.6 cm³/mol. The van der Waals surface area contributed by atoms with E-state index < -0.39 is 0 Å². The zero-order valence-corrected chi connectivity index (χ0v) is 13.6. The minimum Gasteiger partial charge on any atom is -0.504 e. The topological polar surface area (TPSA) is 75.1 Å². The van der Waals surface area contributed by atoms with Gasteiger partial charge in [-0.15, -0.1) is 0 Å². The summed E-state index contributed by atoms with van der Waals surface area (Å²) < 4.78 is 10.3. The highest BCUT2D eigenvalue weighted by Crippen LogP contribution is 2.25. The first-order chi connectivity index (χ1) is 11.1. The molecule has 0 fully saturated rings. The number of hydrogen-bond acceptors (Lipinski definition) is 5. The summed E-state index contributed by atoms with van der Waals surface area (Å²) in [4.78, 5) is 0. The lowest BCUT2D eigenvalue weighted by Gasteiger charge is -2.10. The van der Waals surface area contributed by atoms with E-state index >= 15 is 0 Å². The fourth-order valence-electron chi connectivity index (χ4n) is 1.84. The molecule has 3 N–H and O–H groups in total. The molecule has 2 rings (SSSR count). The summed E-state index contributed by atoms with van der Waals surface area (Å²) in [5.41, 5.74) is 4.22. The van der Waals surface area contributed by atoms with Crippen molar-refractivity contribution in [2.75, 3.05) is 19.5 Å². The fourth-order valence-corrected chi connectivity index (χ4v) is 2.00. The molecule has 0 aliphatic heterocycles. The van der Waals surface area contributed by atoms with Gasteiger partial charge in [-0.3, -0.25) is 5.43 Å². The van der Waals surface area contributed by atoms with E-state index in [9.17, 15) is 5.11 Å². The summed E-state index contributed by atoms with van der Waals surface area (Å²) in [7, 11) is 3.08. The standard InChI is InChI=1S/C16H17N3O3S/c1-21-14-6-4-3-5-12(14)18-16(23)19-17-10-11-7-8-13(20)15(9-11)22-2/h3-10,20H,1-2H3,(H2,18,19,23)/b17-10-. The Morgan fingerprint density at radius 2 is 1.87 bits per heavy atom. The summed E-state index contributed by atoms with van der Waals surface area (Å²) in [5, 5.41) is 16.9. The van der Waals surface area contributed by atoms with Crippen LogP contribution in [0.15, 0.2) is 47.6 Å². The third-order valence-electron chi connectivity index (χ3n) is 2.94. The van der Waals surface area contributed by atoms with E-state index in [0.717, 1.165) is 11.3 Å². The molecule has 0 atom stereocenters. The van der Waals surface area contributed by atoms with Crippen molar-refractivity contribution in [2.45, 2.75) is 0 Å². The number of thiocarbonyl (C=S) groups is 1. The van der Waals surface area contributed by atoms with Crippen LogP contribution < -0.4 is 20.2 Å². The molecule has 0 saturated heterocycles. The number of rotatable bonds is 5. The highest BCUT2D eigenvalue weighted by molar-refractivity contribution is 7.80. The number of phenolic OH excluding ortho intramolecular Hbond substituents is 1. The summed E-state index contributed by atoms with van der Waals surface area (Å²) in [6.45, 7) is 0. The molecular weight excluding hydrogens is 314 g/mol. The number of hydrogen-bond donors (Lipinski definition) is 3. The van der Waals surface area contributed by atoms with Crippen molar-refractivity contribution in [1.82, 2.24) is 5.43 Å². The van der Waals surface area contributed by atoms with Crippen molar-refractivity contribution in [2.24, 2.45) is 5.10 Å². The van der Waals surface area contributed by atoms with Crippen LogP contribution in [-0.4, -0.2) is 30.7 Å². The van der Waals surface area contributed by atoms with Crippen LogP contribution in [0, 0.1) is 0 Å². The molecule has 0 saturated carbocycles. The third-order valence-corrected chi connectivity index (χ3v) is 3.13. The molecule has 0 bridgehead atoms. The second-order valence-corrected chi connectivity index (χ2v) is 4.86. The molecule has 0 aliphatic carbocycles. The SMILES string of the molecule is COc1cc(/C=N\NC(=S)Nc2ccccc2OC)ccc1O. The summed E-state index contributed by atoms with van der Waals surface area (Å²) >= 11 is 5.17. The summed E-state index contributed by atoms with van der Waals surface area (Å²) in [6.07, 6.45) is 1.57. The van der Waals surface area contributed by atoms with E-state index in [1.807, 2.05) is 24.3 Å². The van der Waals surface area contributed by atoms with Crippen molar-refractivity contribution in [3.05, 3.63) is 48.0 Å². The van der Waals surface area contributed by atoms with Crippen LogP contribution in [0.2, 0.25) is 0 Å². The molecule has 23 heavy (non-hydrogen) atoms. The largest absolute Gasteiger partial charge is 0.504 e. The van der Waals surface area contributed by atoms with E-state index in [1.165, 1.54) is 13.2 Å². The van der Waals surface area contributed by atoms with Crippen molar-refractivity contribution < 1.29 is 14.6 Å². The van der Waals surface area contributed by atoms with Crippen molar-refractivity contribution in [3.63, 3.8) is 0 Å². The Balaban J connectivity index is 1.96. The molecule has 0 unspecified atom stereocenters. The lowest BCUT2D eigenvalue weighted by atomic mass is 10.2.